The molecule has 0 unspecified atom stereocenters. The van der Waals surface area contributed by atoms with Gasteiger partial charge in [-0.05, 0) is 96.4 Å². The van der Waals surface area contributed by atoms with Gasteiger partial charge in [0.05, 0.1) is 33.4 Å². The first-order valence-electron chi connectivity index (χ1n) is 21.2. The van der Waals surface area contributed by atoms with Gasteiger partial charge in [0.1, 0.15) is 0 Å². The summed E-state index contributed by atoms with van der Waals surface area (Å²) < 4.78 is 4.94. The van der Waals surface area contributed by atoms with Crippen molar-refractivity contribution in [2.45, 2.75) is 0 Å². The molecule has 0 saturated carbocycles. The summed E-state index contributed by atoms with van der Waals surface area (Å²) in [7, 11) is 0. The van der Waals surface area contributed by atoms with Crippen LogP contribution in [0.5, 0.6) is 0 Å². The molecule has 10 aromatic carbocycles. The number of nitrogens with zero attached hydrogens (tertiary/aromatic N) is 4. The van der Waals surface area contributed by atoms with Gasteiger partial charge in [-0.1, -0.05) is 152 Å². The molecule has 0 fully saturated rings. The van der Waals surface area contributed by atoms with Gasteiger partial charge in [-0.2, -0.15) is 0 Å². The Kier molecular flexibility index (Phi) is 8.46. The summed E-state index contributed by atoms with van der Waals surface area (Å²) in [6.45, 7) is 0. The van der Waals surface area contributed by atoms with Gasteiger partial charge >= 0.3 is 0 Å². The van der Waals surface area contributed by atoms with Crippen molar-refractivity contribution in [3.63, 3.8) is 0 Å². The van der Waals surface area contributed by atoms with Gasteiger partial charge in [-0.15, -0.1) is 0 Å². The number of benzene rings is 10. The molecule has 0 N–H and O–H groups in total. The van der Waals surface area contributed by atoms with E-state index in [9.17, 15) is 0 Å². The van der Waals surface area contributed by atoms with Crippen molar-refractivity contribution in [1.82, 2.24) is 9.13 Å². The molecule has 0 amide bonds. The first-order chi connectivity index (χ1) is 30.8. The second-order valence-electron chi connectivity index (χ2n) is 15.8. The molecule has 0 aliphatic carbocycles. The number of hydrogen-bond acceptors (Lipinski definition) is 2. The van der Waals surface area contributed by atoms with Crippen molar-refractivity contribution in [1.29, 1.82) is 0 Å². The van der Waals surface area contributed by atoms with Crippen LogP contribution in [-0.2, 0) is 0 Å². The van der Waals surface area contributed by atoms with Crippen LogP contribution in [0.2, 0.25) is 0 Å². The Hall–Kier alpha value is -8.34. The molecule has 0 atom stereocenters. The van der Waals surface area contributed by atoms with Gasteiger partial charge in [0.2, 0.25) is 0 Å². The lowest BCUT2D eigenvalue weighted by Gasteiger charge is -2.30. The Morgan fingerprint density at radius 1 is 0.274 bits per heavy atom. The Morgan fingerprint density at radius 2 is 0.774 bits per heavy atom. The van der Waals surface area contributed by atoms with Gasteiger partial charge in [-0.25, -0.2) is 0 Å². The molecule has 12 aromatic rings. The number of hydrogen-bond donors (Lipinski definition) is 0. The van der Waals surface area contributed by atoms with Crippen LogP contribution in [0.3, 0.4) is 0 Å². The summed E-state index contributed by atoms with van der Waals surface area (Å²) >= 11 is 0. The van der Waals surface area contributed by atoms with E-state index in [4.69, 9.17) is 0 Å². The summed E-state index contributed by atoms with van der Waals surface area (Å²) in [5, 5.41) is 7.21. The molecule has 0 bridgehead atoms. The fraction of sp³-hybridized carbons (Fsp3) is 0. The first-order valence-corrected chi connectivity index (χ1v) is 21.2. The van der Waals surface area contributed by atoms with E-state index in [2.05, 4.69) is 262 Å². The summed E-state index contributed by atoms with van der Waals surface area (Å²) in [4.78, 5) is 4.81. The average molecular weight is 793 g/mol. The molecule has 4 nitrogen and oxygen atoms in total. The second-order valence-corrected chi connectivity index (χ2v) is 15.8. The number of rotatable bonds is 8. The van der Waals surface area contributed by atoms with Crippen molar-refractivity contribution in [2.24, 2.45) is 0 Å². The zero-order valence-electron chi connectivity index (χ0n) is 33.9. The average Bonchev–Trinajstić information content (AvgIpc) is 3.86. The topological polar surface area (TPSA) is 16.3 Å². The van der Waals surface area contributed by atoms with Crippen molar-refractivity contribution >= 4 is 88.5 Å². The molecule has 2 heterocycles. The van der Waals surface area contributed by atoms with E-state index in [0.717, 1.165) is 56.5 Å². The van der Waals surface area contributed by atoms with Crippen molar-refractivity contribution < 1.29 is 0 Å². The predicted molar refractivity (Wildman–Crippen MR) is 262 cm³/mol. The highest BCUT2D eigenvalue weighted by Crippen LogP contribution is 2.49. The predicted octanol–water partition coefficient (Wildman–Crippen LogP) is 16.0. The van der Waals surface area contributed by atoms with Gasteiger partial charge in [0.15, 0.2) is 0 Å². The SMILES string of the molecule is c1ccc(N(c2ccccc2)c2cc(N(c3ccccc3)c3ccccc3)c3c4ccc5ccccc5c4n(-c4ccc5c6ccccc6n(-c6ccccc6)c5c4)c3c2)cc1. The zero-order chi connectivity index (χ0) is 41.0. The van der Waals surface area contributed by atoms with Crippen LogP contribution in [-0.4, -0.2) is 9.13 Å². The van der Waals surface area contributed by atoms with Gasteiger partial charge in [0.25, 0.3) is 0 Å². The summed E-state index contributed by atoms with van der Waals surface area (Å²) in [6.07, 6.45) is 0. The minimum absolute atomic E-state index is 1.05. The number of anilines is 6. The van der Waals surface area contributed by atoms with Crippen LogP contribution in [0.15, 0.2) is 243 Å². The Balaban J connectivity index is 1.26. The van der Waals surface area contributed by atoms with Crippen LogP contribution in [0.25, 0.3) is 65.8 Å². The number of para-hydroxylation sites is 6. The highest BCUT2D eigenvalue weighted by molar-refractivity contribution is 6.24. The Labute approximate surface area is 360 Å². The highest BCUT2D eigenvalue weighted by atomic mass is 15.2. The van der Waals surface area contributed by atoms with Crippen molar-refractivity contribution in [2.75, 3.05) is 9.80 Å². The lowest BCUT2D eigenvalue weighted by atomic mass is 10.0. The molecule has 0 radical (unpaired) electrons. The van der Waals surface area contributed by atoms with Crippen LogP contribution in [0.4, 0.5) is 34.1 Å². The van der Waals surface area contributed by atoms with Gasteiger partial charge < -0.3 is 18.9 Å². The van der Waals surface area contributed by atoms with Crippen molar-refractivity contribution in [3.8, 4) is 11.4 Å². The number of aromatic nitrogens is 2. The maximum Gasteiger partial charge on any atom is 0.0620 e. The third-order valence-electron chi connectivity index (χ3n) is 12.2. The fourth-order valence-corrected chi connectivity index (χ4v) is 9.58. The van der Waals surface area contributed by atoms with Crippen LogP contribution >= 0.6 is 0 Å². The van der Waals surface area contributed by atoms with E-state index in [-0.39, 0.29) is 0 Å². The molecule has 0 aliphatic rings. The van der Waals surface area contributed by atoms with E-state index in [1.165, 1.54) is 43.4 Å². The van der Waals surface area contributed by atoms with E-state index >= 15 is 0 Å². The summed E-state index contributed by atoms with van der Waals surface area (Å²) in [5.41, 5.74) is 13.3. The molecule has 292 valence electrons. The Bertz CT molecular complexity index is 3480. The minimum Gasteiger partial charge on any atom is -0.310 e. The molecular formula is C58H40N4. The van der Waals surface area contributed by atoms with Crippen molar-refractivity contribution in [3.05, 3.63) is 243 Å². The van der Waals surface area contributed by atoms with E-state index in [1.807, 2.05) is 0 Å². The smallest absolute Gasteiger partial charge is 0.0620 e. The standard InChI is InChI=1S/C58H40N4/c1-6-21-42(22-7-1)59(43-23-8-2-9-24-43)48-39-55(60(44-25-10-3-11-26-44)45-27-12-4-13-28-45)57-52-36-34-41-20-16-17-31-49(41)58(52)62(56(57)40-48)47-35-37-51-50-32-18-19-33-53(50)61(54(51)38-47)46-29-14-5-15-30-46/h1-40H. The molecule has 0 aliphatic heterocycles. The summed E-state index contributed by atoms with van der Waals surface area (Å²) in [5.74, 6) is 0. The molecular weight excluding hydrogens is 753 g/mol. The van der Waals surface area contributed by atoms with Crippen LogP contribution in [0, 0.1) is 0 Å². The zero-order valence-corrected chi connectivity index (χ0v) is 33.9. The highest BCUT2D eigenvalue weighted by Gasteiger charge is 2.26. The molecule has 0 saturated heterocycles. The quantitative estimate of drug-likeness (QED) is 0.152. The normalized spacial score (nSPS) is 11.5. The third kappa shape index (κ3) is 5.76. The van der Waals surface area contributed by atoms with E-state index < -0.39 is 0 Å². The maximum absolute atomic E-state index is 2.52. The third-order valence-corrected chi connectivity index (χ3v) is 12.2. The van der Waals surface area contributed by atoms with E-state index in [0.29, 0.717) is 0 Å². The molecule has 2 aromatic heterocycles. The minimum atomic E-state index is 1.05. The number of fused-ring (bicyclic) bond motifs is 8. The molecule has 0 spiro atoms. The largest absolute Gasteiger partial charge is 0.310 e. The van der Waals surface area contributed by atoms with Crippen LogP contribution < -0.4 is 9.80 Å². The molecule has 12 rings (SSSR count). The monoisotopic (exact) mass is 792 g/mol. The maximum atomic E-state index is 2.52. The van der Waals surface area contributed by atoms with Gasteiger partial charge in [-0.3, -0.25) is 0 Å². The van der Waals surface area contributed by atoms with Crippen LogP contribution in [0.1, 0.15) is 0 Å². The lowest BCUT2D eigenvalue weighted by Crippen LogP contribution is -2.14. The fourth-order valence-electron chi connectivity index (χ4n) is 9.58. The van der Waals surface area contributed by atoms with Gasteiger partial charge in [0, 0.05) is 61.1 Å². The second kappa shape index (κ2) is 14.7. The lowest BCUT2D eigenvalue weighted by molar-refractivity contribution is 1.16. The van der Waals surface area contributed by atoms with E-state index in [1.54, 1.807) is 0 Å². The Morgan fingerprint density at radius 3 is 1.40 bits per heavy atom. The first kappa shape index (κ1) is 35.6. The summed E-state index contributed by atoms with van der Waals surface area (Å²) in [6, 6.07) is 87.7. The molecule has 62 heavy (non-hydrogen) atoms. The molecule has 4 heteroatoms.